The fourth-order valence-electron chi connectivity index (χ4n) is 1.40. The molecule has 94 valence electrons. The predicted octanol–water partition coefficient (Wildman–Crippen LogP) is 2.48. The molecule has 0 saturated heterocycles. The molecule has 0 heterocycles. The first-order valence-corrected chi connectivity index (χ1v) is 4.94. The lowest BCUT2D eigenvalue weighted by Gasteiger charge is -2.06. The minimum absolute atomic E-state index is 0.0732. The van der Waals surface area contributed by atoms with E-state index in [1.807, 2.05) is 0 Å². The Morgan fingerprint density at radius 1 is 1.50 bits per heavy atom. The van der Waals surface area contributed by atoms with Crippen molar-refractivity contribution in [1.29, 1.82) is 5.26 Å². The Balaban J connectivity index is 3.59. The van der Waals surface area contributed by atoms with Gasteiger partial charge < -0.3 is 5.73 Å². The molecular weight excluding hydrogens is 244 g/mol. The molecule has 18 heavy (non-hydrogen) atoms. The van der Waals surface area contributed by atoms with E-state index in [9.17, 15) is 18.9 Å². The predicted molar refractivity (Wildman–Crippen MR) is 60.0 cm³/mol. The second kappa shape index (κ2) is 5.23. The van der Waals surface area contributed by atoms with E-state index in [1.165, 1.54) is 0 Å². The molecule has 1 rings (SSSR count). The largest absolute Gasteiger partial charge is 0.397 e. The number of nitro benzene ring substituents is 1. The van der Waals surface area contributed by atoms with Crippen LogP contribution in [0.15, 0.2) is 17.7 Å². The lowest BCUT2D eigenvalue weighted by atomic mass is 10.0. The third kappa shape index (κ3) is 2.43. The summed E-state index contributed by atoms with van der Waals surface area (Å²) in [6, 6.07) is 2.83. The summed E-state index contributed by atoms with van der Waals surface area (Å²) in [6.07, 6.45) is 0.235. The molecule has 0 bridgehead atoms. The van der Waals surface area contributed by atoms with Crippen molar-refractivity contribution in [2.24, 2.45) is 5.73 Å². The van der Waals surface area contributed by atoms with Gasteiger partial charge in [-0.15, -0.1) is 0 Å². The Hall–Kier alpha value is -2.49. The van der Waals surface area contributed by atoms with Crippen LogP contribution >= 0.6 is 0 Å². The Bertz CT molecular complexity index is 576. The SMILES string of the molecule is CC/C(C#N)=C(/N)c1cc(F)c(F)cc1[N+](=O)[O-]. The molecule has 0 unspecified atom stereocenters. The molecule has 0 fully saturated rings. The van der Waals surface area contributed by atoms with E-state index >= 15 is 0 Å². The fraction of sp³-hybridized carbons (Fsp3) is 0.182. The highest BCUT2D eigenvalue weighted by atomic mass is 19.2. The topological polar surface area (TPSA) is 93.0 Å². The zero-order valence-corrected chi connectivity index (χ0v) is 9.41. The smallest absolute Gasteiger partial charge is 0.281 e. The minimum Gasteiger partial charge on any atom is -0.397 e. The maximum atomic E-state index is 13.1. The summed E-state index contributed by atoms with van der Waals surface area (Å²) < 4.78 is 26.0. The van der Waals surface area contributed by atoms with E-state index in [1.54, 1.807) is 13.0 Å². The van der Waals surface area contributed by atoms with Gasteiger partial charge in [-0.05, 0) is 12.5 Å². The molecule has 0 aliphatic carbocycles. The third-order valence-electron chi connectivity index (χ3n) is 2.34. The molecule has 0 aliphatic rings. The second-order valence-corrected chi connectivity index (χ2v) is 3.40. The summed E-state index contributed by atoms with van der Waals surface area (Å²) in [4.78, 5) is 9.86. The van der Waals surface area contributed by atoms with E-state index in [4.69, 9.17) is 11.0 Å². The van der Waals surface area contributed by atoms with Crippen molar-refractivity contribution in [2.75, 3.05) is 0 Å². The van der Waals surface area contributed by atoms with Gasteiger partial charge in [0.2, 0.25) is 0 Å². The lowest BCUT2D eigenvalue weighted by molar-refractivity contribution is -0.385. The highest BCUT2D eigenvalue weighted by Gasteiger charge is 2.21. The zero-order chi connectivity index (χ0) is 13.9. The zero-order valence-electron chi connectivity index (χ0n) is 9.41. The van der Waals surface area contributed by atoms with Crippen molar-refractivity contribution >= 4 is 11.4 Å². The normalized spacial score (nSPS) is 11.7. The standard InChI is InChI=1S/C11H9F2N3O2/c1-2-6(5-14)11(15)7-3-8(12)9(13)4-10(7)16(17)18/h3-4H,2,15H2,1H3/b11-6-. The average Bonchev–Trinajstić information content (AvgIpc) is 2.33. The van der Waals surface area contributed by atoms with E-state index < -0.39 is 22.2 Å². The number of hydrogen-bond donors (Lipinski definition) is 1. The van der Waals surface area contributed by atoms with E-state index in [0.717, 1.165) is 0 Å². The molecule has 7 heteroatoms. The number of halogens is 2. The van der Waals surface area contributed by atoms with Crippen LogP contribution in [0.25, 0.3) is 5.70 Å². The number of rotatable bonds is 3. The molecule has 0 aliphatic heterocycles. The monoisotopic (exact) mass is 253 g/mol. The van der Waals surface area contributed by atoms with Gasteiger partial charge in [0.1, 0.15) is 0 Å². The van der Waals surface area contributed by atoms with Gasteiger partial charge in [0, 0.05) is 0 Å². The molecule has 5 nitrogen and oxygen atoms in total. The quantitative estimate of drug-likeness (QED) is 0.508. The van der Waals surface area contributed by atoms with Crippen molar-refractivity contribution in [3.05, 3.63) is 45.0 Å². The van der Waals surface area contributed by atoms with E-state index in [0.29, 0.717) is 12.1 Å². The highest BCUT2D eigenvalue weighted by Crippen LogP contribution is 2.28. The first-order valence-electron chi connectivity index (χ1n) is 4.94. The molecular formula is C11H9F2N3O2. The highest BCUT2D eigenvalue weighted by molar-refractivity contribution is 5.75. The second-order valence-electron chi connectivity index (χ2n) is 3.40. The Morgan fingerprint density at radius 3 is 2.50 bits per heavy atom. The molecule has 0 amide bonds. The van der Waals surface area contributed by atoms with Crippen LogP contribution in [0.2, 0.25) is 0 Å². The van der Waals surface area contributed by atoms with Gasteiger partial charge in [0.05, 0.1) is 33.9 Å². The Labute approximate surface area is 101 Å². The van der Waals surface area contributed by atoms with Gasteiger partial charge in [-0.1, -0.05) is 6.92 Å². The summed E-state index contributed by atoms with van der Waals surface area (Å²) in [5.41, 5.74) is 4.47. The molecule has 0 saturated carbocycles. The lowest BCUT2D eigenvalue weighted by Crippen LogP contribution is -2.06. The summed E-state index contributed by atoms with van der Waals surface area (Å²) in [6.45, 7) is 1.62. The van der Waals surface area contributed by atoms with Crippen molar-refractivity contribution in [1.82, 2.24) is 0 Å². The van der Waals surface area contributed by atoms with Crippen LogP contribution < -0.4 is 5.73 Å². The van der Waals surface area contributed by atoms with Gasteiger partial charge in [-0.2, -0.15) is 5.26 Å². The van der Waals surface area contributed by atoms with E-state index in [-0.39, 0.29) is 23.3 Å². The van der Waals surface area contributed by atoms with Crippen LogP contribution in [0.3, 0.4) is 0 Å². The molecule has 0 atom stereocenters. The van der Waals surface area contributed by atoms with Crippen molar-refractivity contribution in [3.63, 3.8) is 0 Å². The van der Waals surface area contributed by atoms with Gasteiger partial charge in [0.15, 0.2) is 11.6 Å². The summed E-state index contributed by atoms with van der Waals surface area (Å²) in [5.74, 6) is -2.60. The Morgan fingerprint density at radius 2 is 2.06 bits per heavy atom. The van der Waals surface area contributed by atoms with Gasteiger partial charge in [-0.25, -0.2) is 8.78 Å². The van der Waals surface area contributed by atoms with Crippen LogP contribution in [0.4, 0.5) is 14.5 Å². The molecule has 2 N–H and O–H groups in total. The van der Waals surface area contributed by atoms with Crippen molar-refractivity contribution < 1.29 is 13.7 Å². The number of nitrogens with zero attached hydrogens (tertiary/aromatic N) is 2. The fourth-order valence-corrected chi connectivity index (χ4v) is 1.40. The van der Waals surface area contributed by atoms with Gasteiger partial charge >= 0.3 is 0 Å². The third-order valence-corrected chi connectivity index (χ3v) is 2.34. The first kappa shape index (κ1) is 13.6. The summed E-state index contributed by atoms with van der Waals surface area (Å²) in [7, 11) is 0. The van der Waals surface area contributed by atoms with Crippen LogP contribution in [0, 0.1) is 33.1 Å². The van der Waals surface area contributed by atoms with Crippen LogP contribution in [-0.2, 0) is 0 Å². The number of hydrogen-bond acceptors (Lipinski definition) is 4. The number of nitro groups is 1. The van der Waals surface area contributed by atoms with Crippen LogP contribution in [0.5, 0.6) is 0 Å². The maximum absolute atomic E-state index is 13.1. The number of allylic oxidation sites excluding steroid dienone is 1. The number of benzene rings is 1. The maximum Gasteiger partial charge on any atom is 0.281 e. The molecule has 1 aromatic carbocycles. The van der Waals surface area contributed by atoms with E-state index in [2.05, 4.69) is 0 Å². The summed E-state index contributed by atoms with van der Waals surface area (Å²) >= 11 is 0. The molecule has 1 aromatic rings. The van der Waals surface area contributed by atoms with Crippen LogP contribution in [0.1, 0.15) is 18.9 Å². The van der Waals surface area contributed by atoms with Crippen LogP contribution in [-0.4, -0.2) is 4.92 Å². The molecule has 0 aromatic heterocycles. The number of nitrogens with two attached hydrogens (primary N) is 1. The summed E-state index contributed by atoms with van der Waals surface area (Å²) in [5, 5.41) is 19.5. The number of nitriles is 1. The molecule has 0 spiro atoms. The van der Waals surface area contributed by atoms with Gasteiger partial charge in [0.25, 0.3) is 5.69 Å². The van der Waals surface area contributed by atoms with Crippen molar-refractivity contribution in [3.8, 4) is 6.07 Å². The first-order chi connectivity index (χ1) is 8.42. The van der Waals surface area contributed by atoms with Gasteiger partial charge in [-0.3, -0.25) is 10.1 Å². The van der Waals surface area contributed by atoms with Crippen molar-refractivity contribution in [2.45, 2.75) is 13.3 Å². The molecule has 0 radical (unpaired) electrons. The minimum atomic E-state index is -1.34. The Kier molecular flexibility index (Phi) is 3.94. The average molecular weight is 253 g/mol.